The first-order chi connectivity index (χ1) is 10.0. The quantitative estimate of drug-likeness (QED) is 0.856. The van der Waals surface area contributed by atoms with Gasteiger partial charge in [-0.25, -0.2) is 8.42 Å². The first-order valence-corrected chi connectivity index (χ1v) is 8.84. The van der Waals surface area contributed by atoms with Crippen LogP contribution in [0.25, 0.3) is 0 Å². The molecule has 1 aliphatic rings. The Labute approximate surface area is 127 Å². The van der Waals surface area contributed by atoms with Crippen LogP contribution in [0, 0.1) is 0 Å². The molecular formula is C14H24N4O2S. The summed E-state index contributed by atoms with van der Waals surface area (Å²) in [6.07, 6.45) is 3.90. The Kier molecular flexibility index (Phi) is 5.18. The Morgan fingerprint density at radius 3 is 2.76 bits per heavy atom. The number of nitrogens with zero attached hydrogens (tertiary/aromatic N) is 3. The third-order valence-electron chi connectivity index (χ3n) is 4.13. The molecule has 6 nitrogen and oxygen atoms in total. The van der Waals surface area contributed by atoms with E-state index in [-0.39, 0.29) is 4.90 Å². The molecule has 118 valence electrons. The van der Waals surface area contributed by atoms with Gasteiger partial charge in [-0.05, 0) is 25.6 Å². The van der Waals surface area contributed by atoms with Crippen molar-refractivity contribution >= 4 is 15.7 Å². The van der Waals surface area contributed by atoms with Gasteiger partial charge in [-0.3, -0.25) is 9.88 Å². The summed E-state index contributed by atoms with van der Waals surface area (Å²) < 4.78 is 27.1. The molecule has 1 atom stereocenters. The molecule has 0 aliphatic carbocycles. The topological polar surface area (TPSA) is 65.5 Å². The van der Waals surface area contributed by atoms with Crippen LogP contribution in [0.5, 0.6) is 0 Å². The van der Waals surface area contributed by atoms with E-state index < -0.39 is 10.0 Å². The summed E-state index contributed by atoms with van der Waals surface area (Å²) in [5.74, 6) is 0. The summed E-state index contributed by atoms with van der Waals surface area (Å²) in [5, 5.41) is 2.93. The number of anilines is 1. The van der Waals surface area contributed by atoms with Crippen molar-refractivity contribution in [3.05, 3.63) is 18.5 Å². The molecule has 0 aromatic carbocycles. The van der Waals surface area contributed by atoms with Crippen molar-refractivity contribution in [2.75, 3.05) is 38.5 Å². The summed E-state index contributed by atoms with van der Waals surface area (Å²) in [4.78, 5) is 6.54. The first-order valence-electron chi connectivity index (χ1n) is 7.40. The zero-order valence-electron chi connectivity index (χ0n) is 12.9. The third-order valence-corrected chi connectivity index (χ3v) is 6.02. The molecule has 1 aromatic rings. The molecule has 1 aliphatic heterocycles. The zero-order chi connectivity index (χ0) is 15.5. The average molecular weight is 312 g/mol. The number of likely N-dealkylation sites (N-methyl/N-ethyl adjacent to an activating group) is 1. The second-order valence-electron chi connectivity index (χ2n) is 5.15. The van der Waals surface area contributed by atoms with E-state index in [0.29, 0.717) is 24.8 Å². The number of nitrogens with one attached hydrogen (secondary N) is 1. The normalized spacial score (nSPS) is 20.1. The molecule has 0 radical (unpaired) electrons. The molecule has 1 N–H and O–H groups in total. The minimum atomic E-state index is -3.48. The molecule has 0 spiro atoms. The minimum Gasteiger partial charge on any atom is -0.387 e. The van der Waals surface area contributed by atoms with Crippen LogP contribution < -0.4 is 5.32 Å². The van der Waals surface area contributed by atoms with Gasteiger partial charge in [-0.1, -0.05) is 13.8 Å². The maximum absolute atomic E-state index is 12.8. The molecule has 1 saturated heterocycles. The van der Waals surface area contributed by atoms with E-state index in [4.69, 9.17) is 0 Å². The molecule has 0 bridgehead atoms. The smallest absolute Gasteiger partial charge is 0.246 e. The lowest BCUT2D eigenvalue weighted by molar-refractivity contribution is 0.224. The first kappa shape index (κ1) is 16.2. The Balaban J connectivity index is 2.22. The van der Waals surface area contributed by atoms with Crippen molar-refractivity contribution in [3.63, 3.8) is 0 Å². The van der Waals surface area contributed by atoms with Crippen LogP contribution in [0.1, 0.15) is 20.3 Å². The van der Waals surface area contributed by atoms with E-state index in [1.165, 1.54) is 6.20 Å². The summed E-state index contributed by atoms with van der Waals surface area (Å²) in [7, 11) is -1.76. The summed E-state index contributed by atoms with van der Waals surface area (Å²) in [6, 6.07) is 2.00. The number of hydrogen-bond acceptors (Lipinski definition) is 5. The second-order valence-corrected chi connectivity index (χ2v) is 7.05. The summed E-state index contributed by atoms with van der Waals surface area (Å²) >= 11 is 0. The fraction of sp³-hybridized carbons (Fsp3) is 0.643. The van der Waals surface area contributed by atoms with Crippen LogP contribution in [0.4, 0.5) is 5.69 Å². The molecule has 1 aromatic heterocycles. The van der Waals surface area contributed by atoms with Gasteiger partial charge in [0.25, 0.3) is 0 Å². The maximum atomic E-state index is 12.8. The SMILES string of the molecule is CCN(CC)C1CCN(S(=O)(=O)c2cnccc2NC)C1. The van der Waals surface area contributed by atoms with Crippen LogP contribution in [0.15, 0.2) is 23.4 Å². The van der Waals surface area contributed by atoms with Crippen molar-refractivity contribution in [2.24, 2.45) is 0 Å². The molecule has 7 heteroatoms. The second kappa shape index (κ2) is 6.72. The van der Waals surface area contributed by atoms with Crippen LogP contribution in [-0.4, -0.2) is 61.9 Å². The van der Waals surface area contributed by atoms with Gasteiger partial charge in [-0.15, -0.1) is 0 Å². The monoisotopic (exact) mass is 312 g/mol. The van der Waals surface area contributed by atoms with Gasteiger partial charge < -0.3 is 5.32 Å². The van der Waals surface area contributed by atoms with Gasteiger partial charge in [0.15, 0.2) is 0 Å². The largest absolute Gasteiger partial charge is 0.387 e. The molecule has 2 rings (SSSR count). The Morgan fingerprint density at radius 1 is 1.43 bits per heavy atom. The number of aromatic nitrogens is 1. The highest BCUT2D eigenvalue weighted by Gasteiger charge is 2.35. The van der Waals surface area contributed by atoms with E-state index in [0.717, 1.165) is 19.5 Å². The maximum Gasteiger partial charge on any atom is 0.246 e. The van der Waals surface area contributed by atoms with Crippen LogP contribution in [0.2, 0.25) is 0 Å². The Bertz CT molecular complexity index is 572. The lowest BCUT2D eigenvalue weighted by Crippen LogP contribution is -2.38. The van der Waals surface area contributed by atoms with Gasteiger partial charge in [0.1, 0.15) is 4.90 Å². The molecule has 0 amide bonds. The van der Waals surface area contributed by atoms with Gasteiger partial charge >= 0.3 is 0 Å². The van der Waals surface area contributed by atoms with Crippen LogP contribution in [0.3, 0.4) is 0 Å². The Morgan fingerprint density at radius 2 is 2.14 bits per heavy atom. The van der Waals surface area contributed by atoms with Gasteiger partial charge in [0.05, 0.1) is 5.69 Å². The predicted molar refractivity (Wildman–Crippen MR) is 83.9 cm³/mol. The molecular weight excluding hydrogens is 288 g/mol. The fourth-order valence-corrected chi connectivity index (χ4v) is 4.53. The molecule has 0 saturated carbocycles. The van der Waals surface area contributed by atoms with Gasteiger partial charge in [-0.2, -0.15) is 4.31 Å². The van der Waals surface area contributed by atoms with E-state index in [9.17, 15) is 8.42 Å². The third kappa shape index (κ3) is 3.20. The summed E-state index contributed by atoms with van der Waals surface area (Å²) in [5.41, 5.74) is 0.594. The summed E-state index contributed by atoms with van der Waals surface area (Å²) in [6.45, 7) is 7.25. The predicted octanol–water partition coefficient (Wildman–Crippen LogP) is 1.23. The van der Waals surface area contributed by atoms with E-state index in [1.807, 2.05) is 0 Å². The lowest BCUT2D eigenvalue weighted by atomic mass is 10.2. The number of sulfonamides is 1. The van der Waals surface area contributed by atoms with Crippen molar-refractivity contribution in [3.8, 4) is 0 Å². The van der Waals surface area contributed by atoms with Crippen molar-refractivity contribution in [2.45, 2.75) is 31.2 Å². The highest BCUT2D eigenvalue weighted by atomic mass is 32.2. The van der Waals surface area contributed by atoms with Crippen molar-refractivity contribution in [1.82, 2.24) is 14.2 Å². The van der Waals surface area contributed by atoms with E-state index in [1.54, 1.807) is 23.6 Å². The molecule has 2 heterocycles. The van der Waals surface area contributed by atoms with Crippen molar-refractivity contribution in [1.29, 1.82) is 0 Å². The van der Waals surface area contributed by atoms with E-state index in [2.05, 4.69) is 29.0 Å². The minimum absolute atomic E-state index is 0.257. The number of hydrogen-bond donors (Lipinski definition) is 1. The van der Waals surface area contributed by atoms with Crippen LogP contribution in [-0.2, 0) is 10.0 Å². The molecule has 1 fully saturated rings. The average Bonchev–Trinajstić information content (AvgIpc) is 2.99. The highest BCUT2D eigenvalue weighted by Crippen LogP contribution is 2.27. The fourth-order valence-electron chi connectivity index (χ4n) is 2.90. The lowest BCUT2D eigenvalue weighted by Gasteiger charge is -2.26. The molecule has 21 heavy (non-hydrogen) atoms. The van der Waals surface area contributed by atoms with Crippen molar-refractivity contribution < 1.29 is 8.42 Å². The van der Waals surface area contributed by atoms with Gasteiger partial charge in [0.2, 0.25) is 10.0 Å². The number of pyridine rings is 1. The Hall–Kier alpha value is -1.18. The zero-order valence-corrected chi connectivity index (χ0v) is 13.7. The van der Waals surface area contributed by atoms with Gasteiger partial charge in [0, 0.05) is 38.6 Å². The van der Waals surface area contributed by atoms with Crippen LogP contribution >= 0.6 is 0 Å². The standard InChI is InChI=1S/C14H24N4O2S/c1-4-17(5-2)12-7-9-18(11-12)21(19,20)14-10-16-8-6-13(14)15-3/h6,8,10,12H,4-5,7,9,11H2,1-3H3,(H,15,16). The highest BCUT2D eigenvalue weighted by molar-refractivity contribution is 7.89. The molecule has 1 unspecified atom stereocenters. The number of rotatable bonds is 6. The van der Waals surface area contributed by atoms with E-state index >= 15 is 0 Å².